The molecule has 1 radical (unpaired) electrons. The molecule has 0 saturated heterocycles. The van der Waals surface area contributed by atoms with Crippen molar-refractivity contribution in [2.45, 2.75) is 44.6 Å². The molecule has 5 nitrogen and oxygen atoms in total. The molecule has 2 atom stereocenters. The first kappa shape index (κ1) is 20.1. The molecule has 0 aliphatic heterocycles. The number of carbonyl (C=O) groups is 2. The summed E-state index contributed by atoms with van der Waals surface area (Å²) in [5.74, 6) is -2.28. The molecule has 0 fully saturated rings. The van der Waals surface area contributed by atoms with Crippen LogP contribution in [0.1, 0.15) is 43.2 Å². The van der Waals surface area contributed by atoms with Crippen LogP contribution in [-0.2, 0) is 16.0 Å². The van der Waals surface area contributed by atoms with Crippen molar-refractivity contribution in [2.75, 3.05) is 0 Å². The zero-order valence-corrected chi connectivity index (χ0v) is 14.5. The number of aliphatic hydroxyl groups is 1. The molecule has 0 heterocycles. The molecular formula is C15H20NaO5. The van der Waals surface area contributed by atoms with Gasteiger partial charge < -0.3 is 15.3 Å². The van der Waals surface area contributed by atoms with Gasteiger partial charge in [-0.3, -0.25) is 9.59 Å². The molecule has 0 spiro atoms. The van der Waals surface area contributed by atoms with Crippen molar-refractivity contribution >= 4 is 41.5 Å². The van der Waals surface area contributed by atoms with Gasteiger partial charge >= 0.3 is 11.9 Å². The summed E-state index contributed by atoms with van der Waals surface area (Å²) in [4.78, 5) is 21.2. The molecule has 1 aromatic carbocycles. The SMILES string of the molecule is CC(C(=O)O)c1ccc(CC(O)CCCC(=O)O)cc1.[Na]. The molecular weight excluding hydrogens is 283 g/mol. The van der Waals surface area contributed by atoms with Crippen LogP contribution in [0.15, 0.2) is 24.3 Å². The molecule has 111 valence electrons. The molecule has 21 heavy (non-hydrogen) atoms. The summed E-state index contributed by atoms with van der Waals surface area (Å²) in [6, 6.07) is 7.10. The van der Waals surface area contributed by atoms with Crippen molar-refractivity contribution in [1.82, 2.24) is 0 Å². The van der Waals surface area contributed by atoms with Crippen LogP contribution in [0.25, 0.3) is 0 Å². The number of aliphatic carboxylic acids is 2. The second kappa shape index (κ2) is 9.95. The molecule has 2 unspecified atom stereocenters. The number of hydrogen-bond acceptors (Lipinski definition) is 3. The summed E-state index contributed by atoms with van der Waals surface area (Å²) in [5.41, 5.74) is 1.63. The maximum Gasteiger partial charge on any atom is 0.310 e. The van der Waals surface area contributed by atoms with E-state index in [1.807, 2.05) is 0 Å². The molecule has 0 amide bonds. The summed E-state index contributed by atoms with van der Waals surface area (Å²) in [6.07, 6.45) is 0.828. The Bertz CT molecular complexity index is 458. The zero-order valence-electron chi connectivity index (χ0n) is 12.5. The average molecular weight is 303 g/mol. The Balaban J connectivity index is 0.00000400. The minimum Gasteiger partial charge on any atom is -0.481 e. The molecule has 0 aliphatic carbocycles. The second-order valence-electron chi connectivity index (χ2n) is 4.95. The van der Waals surface area contributed by atoms with Gasteiger partial charge in [0.25, 0.3) is 0 Å². The van der Waals surface area contributed by atoms with Crippen molar-refractivity contribution in [3.8, 4) is 0 Å². The summed E-state index contributed by atoms with van der Waals surface area (Å²) in [6.45, 7) is 1.62. The summed E-state index contributed by atoms with van der Waals surface area (Å²) in [7, 11) is 0. The van der Waals surface area contributed by atoms with E-state index in [1.165, 1.54) is 0 Å². The van der Waals surface area contributed by atoms with Gasteiger partial charge in [0.15, 0.2) is 0 Å². The van der Waals surface area contributed by atoms with Gasteiger partial charge in [-0.25, -0.2) is 0 Å². The van der Waals surface area contributed by atoms with E-state index in [4.69, 9.17) is 10.2 Å². The molecule has 1 aromatic rings. The predicted octanol–water partition coefficient (Wildman–Crippen LogP) is 1.65. The van der Waals surface area contributed by atoms with E-state index < -0.39 is 24.0 Å². The number of carboxylic acid groups (broad SMARTS) is 2. The van der Waals surface area contributed by atoms with Gasteiger partial charge in [0, 0.05) is 36.0 Å². The third-order valence-electron chi connectivity index (χ3n) is 3.25. The second-order valence-corrected chi connectivity index (χ2v) is 4.95. The fourth-order valence-electron chi connectivity index (χ4n) is 1.95. The van der Waals surface area contributed by atoms with E-state index in [2.05, 4.69) is 0 Å². The molecule has 0 aromatic heterocycles. The summed E-state index contributed by atoms with van der Waals surface area (Å²) < 4.78 is 0. The summed E-state index contributed by atoms with van der Waals surface area (Å²) >= 11 is 0. The number of benzene rings is 1. The van der Waals surface area contributed by atoms with Crippen LogP contribution in [0.2, 0.25) is 0 Å². The Kier molecular flexibility index (Phi) is 9.53. The van der Waals surface area contributed by atoms with E-state index in [-0.39, 0.29) is 36.0 Å². The maximum atomic E-state index is 10.8. The van der Waals surface area contributed by atoms with Gasteiger partial charge in [-0.1, -0.05) is 24.3 Å². The van der Waals surface area contributed by atoms with E-state index in [0.717, 1.165) is 11.1 Å². The van der Waals surface area contributed by atoms with Gasteiger partial charge in [0.2, 0.25) is 0 Å². The topological polar surface area (TPSA) is 94.8 Å². The van der Waals surface area contributed by atoms with Gasteiger partial charge in [0.1, 0.15) is 0 Å². The van der Waals surface area contributed by atoms with Crippen LogP contribution in [0, 0.1) is 0 Å². The Morgan fingerprint density at radius 3 is 2.19 bits per heavy atom. The first-order valence-electron chi connectivity index (χ1n) is 6.61. The van der Waals surface area contributed by atoms with Gasteiger partial charge in [-0.2, -0.15) is 0 Å². The minimum absolute atomic E-state index is 0. The Morgan fingerprint density at radius 1 is 1.14 bits per heavy atom. The molecule has 0 aliphatic rings. The van der Waals surface area contributed by atoms with Crippen LogP contribution in [-0.4, -0.2) is 62.9 Å². The van der Waals surface area contributed by atoms with Crippen molar-refractivity contribution in [3.63, 3.8) is 0 Å². The number of rotatable bonds is 8. The van der Waals surface area contributed by atoms with Crippen LogP contribution in [0.5, 0.6) is 0 Å². The van der Waals surface area contributed by atoms with E-state index in [9.17, 15) is 14.7 Å². The quantitative estimate of drug-likeness (QED) is 0.635. The van der Waals surface area contributed by atoms with Crippen molar-refractivity contribution in [2.24, 2.45) is 0 Å². The molecule has 0 saturated carbocycles. The van der Waals surface area contributed by atoms with E-state index in [0.29, 0.717) is 19.3 Å². The number of carboxylic acids is 2. The zero-order chi connectivity index (χ0) is 15.1. The molecule has 0 bridgehead atoms. The standard InChI is InChI=1S/C15H20O5.Na/c1-10(15(19)20)12-7-5-11(6-8-12)9-13(16)3-2-4-14(17)18;/h5-8,10,13,16H,2-4,9H2,1H3,(H,17,18)(H,19,20);. The smallest absolute Gasteiger partial charge is 0.310 e. The van der Waals surface area contributed by atoms with Crippen LogP contribution in [0.4, 0.5) is 0 Å². The first-order chi connectivity index (χ1) is 9.40. The first-order valence-corrected chi connectivity index (χ1v) is 6.61. The third kappa shape index (κ3) is 7.62. The van der Waals surface area contributed by atoms with Gasteiger partial charge in [-0.05, 0) is 37.3 Å². The molecule has 1 rings (SSSR count). The molecule has 6 heteroatoms. The number of hydrogen-bond donors (Lipinski definition) is 3. The van der Waals surface area contributed by atoms with Crippen molar-refractivity contribution < 1.29 is 24.9 Å². The summed E-state index contributed by atoms with van der Waals surface area (Å²) in [5, 5.41) is 27.2. The fraction of sp³-hybridized carbons (Fsp3) is 0.467. The number of aliphatic hydroxyl groups excluding tert-OH is 1. The average Bonchev–Trinajstić information content (AvgIpc) is 2.38. The fourth-order valence-corrected chi connectivity index (χ4v) is 1.95. The minimum atomic E-state index is -0.869. The van der Waals surface area contributed by atoms with Crippen molar-refractivity contribution in [3.05, 3.63) is 35.4 Å². The van der Waals surface area contributed by atoms with Crippen LogP contribution in [0.3, 0.4) is 0 Å². The maximum absolute atomic E-state index is 10.8. The monoisotopic (exact) mass is 303 g/mol. The largest absolute Gasteiger partial charge is 0.481 e. The van der Waals surface area contributed by atoms with Gasteiger partial charge in [0.05, 0.1) is 12.0 Å². The van der Waals surface area contributed by atoms with Gasteiger partial charge in [-0.15, -0.1) is 0 Å². The van der Waals surface area contributed by atoms with Crippen LogP contribution >= 0.6 is 0 Å². The Morgan fingerprint density at radius 2 is 1.71 bits per heavy atom. The predicted molar refractivity (Wildman–Crippen MR) is 79.4 cm³/mol. The normalized spacial score (nSPS) is 13.0. The Hall–Kier alpha value is -0.880. The van der Waals surface area contributed by atoms with Crippen LogP contribution < -0.4 is 0 Å². The van der Waals surface area contributed by atoms with E-state index >= 15 is 0 Å². The van der Waals surface area contributed by atoms with E-state index in [1.54, 1.807) is 31.2 Å². The van der Waals surface area contributed by atoms with Crippen molar-refractivity contribution in [1.29, 1.82) is 0 Å². The Labute approximate surface area is 146 Å². The molecule has 3 N–H and O–H groups in total. The third-order valence-corrected chi connectivity index (χ3v) is 3.25.